The Kier molecular flexibility index (Phi) is 3.63. The Bertz CT molecular complexity index is 752. The van der Waals surface area contributed by atoms with E-state index < -0.39 is 17.7 Å². The van der Waals surface area contributed by atoms with Gasteiger partial charge in [-0.05, 0) is 38.1 Å². The molecule has 0 saturated carbocycles. The molecule has 2 heterocycles. The lowest BCUT2D eigenvalue weighted by atomic mass is 10.0. The van der Waals surface area contributed by atoms with Crippen molar-refractivity contribution in [1.29, 1.82) is 0 Å². The topological polar surface area (TPSA) is 73.9 Å². The van der Waals surface area contributed by atoms with Crippen LogP contribution in [-0.2, 0) is 19.1 Å². The van der Waals surface area contributed by atoms with E-state index in [4.69, 9.17) is 14.2 Å². The van der Waals surface area contributed by atoms with Crippen molar-refractivity contribution in [3.8, 4) is 5.75 Å². The molecule has 1 fully saturated rings. The molecule has 0 bridgehead atoms. The number of anilines is 1. The van der Waals surface area contributed by atoms with E-state index in [0.29, 0.717) is 5.69 Å². The fourth-order valence-corrected chi connectivity index (χ4v) is 2.40. The Morgan fingerprint density at radius 2 is 1.67 bits per heavy atom. The summed E-state index contributed by atoms with van der Waals surface area (Å²) in [7, 11) is 0. The summed E-state index contributed by atoms with van der Waals surface area (Å²) in [5.41, 5.74) is 1.10. The molecule has 0 unspecified atom stereocenters. The Morgan fingerprint density at radius 3 is 2.33 bits per heavy atom. The molecule has 0 amide bonds. The Hall–Kier alpha value is -2.76. The Labute approximate surface area is 140 Å². The number of cyclic esters (lactones) is 2. The van der Waals surface area contributed by atoms with Crippen molar-refractivity contribution in [2.75, 3.05) is 5.32 Å². The van der Waals surface area contributed by atoms with Gasteiger partial charge < -0.3 is 19.5 Å². The number of rotatable bonds is 2. The summed E-state index contributed by atoms with van der Waals surface area (Å²) < 4.78 is 15.9. The Balaban J connectivity index is 1.78. The smallest absolute Gasteiger partial charge is 0.350 e. The molecule has 1 N–H and O–H groups in total. The molecule has 0 atom stereocenters. The van der Waals surface area contributed by atoms with Gasteiger partial charge >= 0.3 is 11.9 Å². The van der Waals surface area contributed by atoms with Crippen LogP contribution in [0.1, 0.15) is 33.3 Å². The van der Waals surface area contributed by atoms with Crippen molar-refractivity contribution in [3.63, 3.8) is 0 Å². The normalized spacial score (nSPS) is 20.4. The zero-order chi connectivity index (χ0) is 17.5. The molecule has 1 saturated heterocycles. The molecule has 126 valence electrons. The fraction of sp³-hybridized carbons (Fsp3) is 0.333. The lowest BCUT2D eigenvalue weighted by Gasteiger charge is -2.29. The van der Waals surface area contributed by atoms with Crippen LogP contribution in [0.15, 0.2) is 36.0 Å². The minimum atomic E-state index is -1.24. The van der Waals surface area contributed by atoms with Gasteiger partial charge in [-0.2, -0.15) is 0 Å². The molecule has 0 spiro atoms. The first-order chi connectivity index (χ1) is 11.2. The highest BCUT2D eigenvalue weighted by molar-refractivity contribution is 6.15. The number of carbonyl (C=O) groups excluding carboxylic acids is 2. The average Bonchev–Trinajstić information content (AvgIpc) is 2.44. The molecule has 3 rings (SSSR count). The third-order valence-electron chi connectivity index (χ3n) is 3.55. The highest BCUT2D eigenvalue weighted by atomic mass is 16.7. The summed E-state index contributed by atoms with van der Waals surface area (Å²) in [4.78, 5) is 23.8. The van der Waals surface area contributed by atoms with Crippen LogP contribution in [0.3, 0.4) is 0 Å². The van der Waals surface area contributed by atoms with Crippen molar-refractivity contribution < 1.29 is 23.8 Å². The summed E-state index contributed by atoms with van der Waals surface area (Å²) in [6.45, 7) is 6.96. The standard InChI is InChI=1S/C18H19NO5/c1-17(2)8-7-11-9-12(5-6-14(11)22-17)19-10-13-15(20)23-18(3,4)24-16(13)21/h5-10,19H,1-4H3. The van der Waals surface area contributed by atoms with Crippen LogP contribution in [-0.4, -0.2) is 23.3 Å². The number of hydrogen-bond donors (Lipinski definition) is 1. The van der Waals surface area contributed by atoms with Crippen molar-refractivity contribution in [2.24, 2.45) is 0 Å². The summed E-state index contributed by atoms with van der Waals surface area (Å²) in [5, 5.41) is 2.92. The minimum absolute atomic E-state index is 0.181. The monoisotopic (exact) mass is 329 g/mol. The molecule has 1 aromatic carbocycles. The largest absolute Gasteiger partial charge is 0.483 e. The second kappa shape index (κ2) is 5.40. The molecule has 0 aliphatic carbocycles. The van der Waals surface area contributed by atoms with Crippen molar-refractivity contribution in [3.05, 3.63) is 41.6 Å². The average molecular weight is 329 g/mol. The van der Waals surface area contributed by atoms with Crippen LogP contribution in [0.25, 0.3) is 6.08 Å². The maximum atomic E-state index is 11.9. The van der Waals surface area contributed by atoms with Gasteiger partial charge in [0.2, 0.25) is 0 Å². The third kappa shape index (κ3) is 3.27. The van der Waals surface area contributed by atoms with Crippen molar-refractivity contribution in [2.45, 2.75) is 39.1 Å². The van der Waals surface area contributed by atoms with Gasteiger partial charge in [-0.1, -0.05) is 6.08 Å². The van der Waals surface area contributed by atoms with E-state index in [1.165, 1.54) is 20.0 Å². The molecule has 1 aromatic rings. The van der Waals surface area contributed by atoms with Gasteiger partial charge in [0.1, 0.15) is 11.4 Å². The van der Waals surface area contributed by atoms with Gasteiger partial charge in [0, 0.05) is 31.3 Å². The summed E-state index contributed by atoms with van der Waals surface area (Å²) in [6, 6.07) is 5.50. The number of ether oxygens (including phenoxy) is 3. The molecule has 24 heavy (non-hydrogen) atoms. The molecular formula is C18H19NO5. The van der Waals surface area contributed by atoms with Crippen molar-refractivity contribution >= 4 is 23.7 Å². The van der Waals surface area contributed by atoms with Gasteiger partial charge in [0.25, 0.3) is 5.79 Å². The Morgan fingerprint density at radius 1 is 1.00 bits per heavy atom. The predicted octanol–water partition coefficient (Wildman–Crippen LogP) is 3.00. The highest BCUT2D eigenvalue weighted by Crippen LogP contribution is 2.32. The van der Waals surface area contributed by atoms with Gasteiger partial charge in [-0.3, -0.25) is 0 Å². The lowest BCUT2D eigenvalue weighted by molar-refractivity contribution is -0.222. The van der Waals surface area contributed by atoms with Crippen LogP contribution in [0.5, 0.6) is 5.75 Å². The van der Waals surface area contributed by atoms with Crippen LogP contribution in [0.2, 0.25) is 0 Å². The molecular weight excluding hydrogens is 310 g/mol. The summed E-state index contributed by atoms with van der Waals surface area (Å²) in [5.74, 6) is -1.90. The molecule has 2 aliphatic rings. The second-order valence-electron chi connectivity index (χ2n) is 6.67. The van der Waals surface area contributed by atoms with Crippen LogP contribution in [0.4, 0.5) is 5.69 Å². The molecule has 6 heteroatoms. The molecule has 2 aliphatic heterocycles. The number of esters is 2. The molecule has 0 radical (unpaired) electrons. The van der Waals surface area contributed by atoms with E-state index in [1.807, 2.05) is 38.1 Å². The number of hydrogen-bond acceptors (Lipinski definition) is 6. The minimum Gasteiger partial charge on any atom is -0.483 e. The van der Waals surface area contributed by atoms with E-state index in [9.17, 15) is 9.59 Å². The zero-order valence-corrected chi connectivity index (χ0v) is 14.0. The SMILES string of the molecule is CC1(C)C=Cc2cc(NC=C3C(=O)OC(C)(C)OC3=O)ccc2O1. The van der Waals surface area contributed by atoms with E-state index in [2.05, 4.69) is 5.32 Å². The summed E-state index contributed by atoms with van der Waals surface area (Å²) >= 11 is 0. The van der Waals surface area contributed by atoms with Gasteiger partial charge in [-0.15, -0.1) is 0 Å². The fourth-order valence-electron chi connectivity index (χ4n) is 2.40. The maximum absolute atomic E-state index is 11.9. The van der Waals surface area contributed by atoms with Gasteiger partial charge in [0.05, 0.1) is 0 Å². The third-order valence-corrected chi connectivity index (χ3v) is 3.55. The zero-order valence-electron chi connectivity index (χ0n) is 14.0. The van der Waals surface area contributed by atoms with Gasteiger partial charge in [0.15, 0.2) is 5.57 Å². The van der Waals surface area contributed by atoms with Crippen molar-refractivity contribution in [1.82, 2.24) is 0 Å². The maximum Gasteiger partial charge on any atom is 0.350 e. The predicted molar refractivity (Wildman–Crippen MR) is 88.2 cm³/mol. The number of carbonyl (C=O) groups is 2. The van der Waals surface area contributed by atoms with E-state index in [0.717, 1.165) is 11.3 Å². The first kappa shape index (κ1) is 16.1. The van der Waals surface area contributed by atoms with Gasteiger partial charge in [-0.25, -0.2) is 9.59 Å². The molecule has 6 nitrogen and oxygen atoms in total. The highest BCUT2D eigenvalue weighted by Gasteiger charge is 2.38. The first-order valence-electron chi connectivity index (χ1n) is 7.61. The van der Waals surface area contributed by atoms with E-state index >= 15 is 0 Å². The number of benzene rings is 1. The van der Waals surface area contributed by atoms with Crippen LogP contribution >= 0.6 is 0 Å². The quantitative estimate of drug-likeness (QED) is 0.511. The molecule has 0 aromatic heterocycles. The van der Waals surface area contributed by atoms with Crippen LogP contribution < -0.4 is 10.1 Å². The van der Waals surface area contributed by atoms with E-state index in [1.54, 1.807) is 6.07 Å². The van der Waals surface area contributed by atoms with E-state index in [-0.39, 0.29) is 11.2 Å². The number of nitrogens with one attached hydrogen (secondary N) is 1. The lowest BCUT2D eigenvalue weighted by Crippen LogP contribution is -2.42. The second-order valence-corrected chi connectivity index (χ2v) is 6.67. The van der Waals surface area contributed by atoms with Crippen LogP contribution in [0, 0.1) is 0 Å². The summed E-state index contributed by atoms with van der Waals surface area (Å²) in [6.07, 6.45) is 5.23. The first-order valence-corrected chi connectivity index (χ1v) is 7.61. The number of fused-ring (bicyclic) bond motifs is 1.